The van der Waals surface area contributed by atoms with Gasteiger partial charge in [-0.25, -0.2) is 0 Å². The van der Waals surface area contributed by atoms with Crippen molar-refractivity contribution in [1.29, 1.82) is 0 Å². The highest BCUT2D eigenvalue weighted by molar-refractivity contribution is 5.10. The van der Waals surface area contributed by atoms with Crippen LogP contribution in [0.25, 0.3) is 0 Å². The fourth-order valence-electron chi connectivity index (χ4n) is 9.73. The van der Waals surface area contributed by atoms with Crippen LogP contribution in [0.2, 0.25) is 0 Å². The summed E-state index contributed by atoms with van der Waals surface area (Å²) >= 11 is 0. The van der Waals surface area contributed by atoms with Gasteiger partial charge in [-0.05, 0) is 110 Å². The first-order chi connectivity index (χ1) is 13.7. The summed E-state index contributed by atoms with van der Waals surface area (Å²) in [4.78, 5) is 0. The molecule has 4 saturated carbocycles. The van der Waals surface area contributed by atoms with Crippen molar-refractivity contribution in [2.24, 2.45) is 58.2 Å². The summed E-state index contributed by atoms with van der Waals surface area (Å²) in [7, 11) is 0. The largest absolute Gasteiger partial charge is 0.393 e. The van der Waals surface area contributed by atoms with Crippen LogP contribution in [-0.2, 0) is 0 Å². The molecule has 0 unspecified atom stereocenters. The van der Waals surface area contributed by atoms with Crippen LogP contribution in [0.1, 0.15) is 112 Å². The number of rotatable bonds is 5. The molecule has 0 radical (unpaired) electrons. The zero-order valence-electron chi connectivity index (χ0n) is 20.4. The van der Waals surface area contributed by atoms with Crippen molar-refractivity contribution >= 4 is 0 Å². The molecule has 0 heterocycles. The number of hydrogen-bond acceptors (Lipinski definition) is 1. The lowest BCUT2D eigenvalue weighted by atomic mass is 9.43. The maximum Gasteiger partial charge on any atom is 0.0568 e. The quantitative estimate of drug-likeness (QED) is 0.499. The van der Waals surface area contributed by atoms with Gasteiger partial charge in [-0.15, -0.1) is 0 Å². The molecular weight excluding hydrogens is 352 g/mol. The van der Waals surface area contributed by atoms with E-state index in [1.807, 2.05) is 0 Å². The first-order valence-electron chi connectivity index (χ1n) is 13.4. The normalized spacial score (nSPS) is 50.7. The highest BCUT2D eigenvalue weighted by Gasteiger charge is 2.61. The molecule has 0 aromatic rings. The predicted octanol–water partition coefficient (Wildman–Crippen LogP) is 7.71. The minimum Gasteiger partial charge on any atom is -0.393 e. The predicted molar refractivity (Wildman–Crippen MR) is 124 cm³/mol. The molecule has 1 heteroatoms. The summed E-state index contributed by atoms with van der Waals surface area (Å²) in [6.45, 7) is 15.0. The highest BCUT2D eigenvalue weighted by Crippen LogP contribution is 2.68. The van der Waals surface area contributed by atoms with E-state index in [0.717, 1.165) is 47.8 Å². The van der Waals surface area contributed by atoms with E-state index in [9.17, 15) is 5.11 Å². The molecule has 29 heavy (non-hydrogen) atoms. The lowest BCUT2D eigenvalue weighted by Gasteiger charge is -2.62. The van der Waals surface area contributed by atoms with Crippen molar-refractivity contribution in [3.8, 4) is 0 Å². The van der Waals surface area contributed by atoms with E-state index in [0.29, 0.717) is 16.7 Å². The Morgan fingerprint density at radius 1 is 0.793 bits per heavy atom. The van der Waals surface area contributed by atoms with E-state index in [4.69, 9.17) is 0 Å². The van der Waals surface area contributed by atoms with Crippen LogP contribution in [0.4, 0.5) is 0 Å². The van der Waals surface area contributed by atoms with E-state index < -0.39 is 0 Å². The lowest BCUT2D eigenvalue weighted by Crippen LogP contribution is -2.56. The van der Waals surface area contributed by atoms with Gasteiger partial charge in [0.05, 0.1) is 6.10 Å². The first-order valence-corrected chi connectivity index (χ1v) is 13.4. The summed E-state index contributed by atoms with van der Waals surface area (Å²) < 4.78 is 0. The SMILES string of the molecule is CC(C)CCC[C@H](C)[C@H]1CC[C@H]2[C@H]3CC[C@@H]4[C@H](C)[C@@H](O)CC[C@@]4(C)[C@H]3CC[C@@]12C. The van der Waals surface area contributed by atoms with Gasteiger partial charge in [-0.3, -0.25) is 0 Å². The number of aliphatic hydroxyl groups is 1. The van der Waals surface area contributed by atoms with Crippen LogP contribution in [0.5, 0.6) is 0 Å². The maximum atomic E-state index is 10.5. The molecule has 1 N–H and O–H groups in total. The van der Waals surface area contributed by atoms with Crippen LogP contribution < -0.4 is 0 Å². The van der Waals surface area contributed by atoms with Crippen LogP contribution in [-0.4, -0.2) is 11.2 Å². The van der Waals surface area contributed by atoms with E-state index in [-0.39, 0.29) is 6.10 Å². The number of aliphatic hydroxyl groups excluding tert-OH is 1. The molecule has 0 aromatic carbocycles. The molecule has 1 nitrogen and oxygen atoms in total. The molecule has 168 valence electrons. The summed E-state index contributed by atoms with van der Waals surface area (Å²) in [6.07, 6.45) is 15.4. The molecular formula is C28H50O. The molecule has 4 aliphatic carbocycles. The van der Waals surface area contributed by atoms with Gasteiger partial charge in [0, 0.05) is 0 Å². The molecule has 0 spiro atoms. The first kappa shape index (κ1) is 22.2. The minimum absolute atomic E-state index is 0.0407. The Morgan fingerprint density at radius 3 is 2.17 bits per heavy atom. The highest BCUT2D eigenvalue weighted by atomic mass is 16.3. The maximum absolute atomic E-state index is 10.5. The third-order valence-corrected chi connectivity index (χ3v) is 11.4. The second kappa shape index (κ2) is 8.14. The zero-order valence-corrected chi connectivity index (χ0v) is 20.4. The second-order valence-corrected chi connectivity index (χ2v) is 13.1. The van der Waals surface area contributed by atoms with Crippen molar-refractivity contribution in [1.82, 2.24) is 0 Å². The summed E-state index contributed by atoms with van der Waals surface area (Å²) in [5.41, 5.74) is 1.12. The van der Waals surface area contributed by atoms with Crippen molar-refractivity contribution in [2.45, 2.75) is 118 Å². The Labute approximate surface area is 181 Å². The van der Waals surface area contributed by atoms with Crippen molar-refractivity contribution < 1.29 is 5.11 Å². The molecule has 4 rings (SSSR count). The fraction of sp³-hybridized carbons (Fsp3) is 1.00. The van der Waals surface area contributed by atoms with Crippen LogP contribution in [0.3, 0.4) is 0 Å². The van der Waals surface area contributed by atoms with Gasteiger partial charge in [0.25, 0.3) is 0 Å². The Morgan fingerprint density at radius 2 is 1.45 bits per heavy atom. The molecule has 0 bridgehead atoms. The van der Waals surface area contributed by atoms with E-state index in [2.05, 4.69) is 41.5 Å². The van der Waals surface area contributed by atoms with E-state index in [1.54, 1.807) is 0 Å². The third kappa shape index (κ3) is 3.64. The van der Waals surface area contributed by atoms with Crippen molar-refractivity contribution in [2.75, 3.05) is 0 Å². The fourth-order valence-corrected chi connectivity index (χ4v) is 9.73. The smallest absolute Gasteiger partial charge is 0.0568 e. The number of fused-ring (bicyclic) bond motifs is 5. The minimum atomic E-state index is -0.0407. The monoisotopic (exact) mass is 402 g/mol. The van der Waals surface area contributed by atoms with Gasteiger partial charge in [-0.2, -0.15) is 0 Å². The van der Waals surface area contributed by atoms with E-state index >= 15 is 0 Å². The lowest BCUT2D eigenvalue weighted by molar-refractivity contribution is -0.149. The van der Waals surface area contributed by atoms with Crippen LogP contribution in [0, 0.1) is 58.2 Å². The van der Waals surface area contributed by atoms with Gasteiger partial charge >= 0.3 is 0 Å². The van der Waals surface area contributed by atoms with Gasteiger partial charge in [0.1, 0.15) is 0 Å². The van der Waals surface area contributed by atoms with Crippen LogP contribution >= 0.6 is 0 Å². The molecule has 10 atom stereocenters. The molecule has 0 amide bonds. The molecule has 4 fully saturated rings. The average Bonchev–Trinajstić information content (AvgIpc) is 3.02. The van der Waals surface area contributed by atoms with Gasteiger partial charge in [-0.1, -0.05) is 60.8 Å². The second-order valence-electron chi connectivity index (χ2n) is 13.1. The van der Waals surface area contributed by atoms with Gasteiger partial charge in [0.15, 0.2) is 0 Å². The third-order valence-electron chi connectivity index (χ3n) is 11.4. The Kier molecular flexibility index (Phi) is 6.22. The average molecular weight is 403 g/mol. The standard InChI is InChI=1S/C28H50O/c1-18(2)8-7-9-19(3)22-12-13-24-21-10-11-23-20(4)26(29)15-17-28(23,6)25(21)14-16-27(22,24)5/h18-26,29H,7-17H2,1-6H3/t19-,20-,21+,22+,23+,24-,25-,26-,27-,28+/m0/s1. The molecule has 0 aliphatic heterocycles. The van der Waals surface area contributed by atoms with E-state index in [1.165, 1.54) is 64.2 Å². The summed E-state index contributed by atoms with van der Waals surface area (Å²) in [5.74, 6) is 6.92. The number of hydrogen-bond donors (Lipinski definition) is 1. The summed E-state index contributed by atoms with van der Waals surface area (Å²) in [5, 5.41) is 10.5. The van der Waals surface area contributed by atoms with Gasteiger partial charge in [0.2, 0.25) is 0 Å². The molecule has 4 aliphatic rings. The Hall–Kier alpha value is -0.0400. The molecule has 0 saturated heterocycles. The summed E-state index contributed by atoms with van der Waals surface area (Å²) in [6, 6.07) is 0. The van der Waals surface area contributed by atoms with Gasteiger partial charge < -0.3 is 5.11 Å². The Bertz CT molecular complexity index is 569. The topological polar surface area (TPSA) is 20.2 Å². The van der Waals surface area contributed by atoms with Crippen LogP contribution in [0.15, 0.2) is 0 Å². The zero-order chi connectivity index (χ0) is 21.0. The van der Waals surface area contributed by atoms with Crippen molar-refractivity contribution in [3.63, 3.8) is 0 Å². The Balaban J connectivity index is 1.48. The van der Waals surface area contributed by atoms with Crippen molar-refractivity contribution in [3.05, 3.63) is 0 Å². The molecule has 0 aromatic heterocycles.